The van der Waals surface area contributed by atoms with Crippen LogP contribution in [0.5, 0.6) is 0 Å². The molecule has 4 rings (SSSR count). The SMILES string of the molecule is O=C(NCC1(CN2CCCCC2)CCOCC1)c1nnc2ccccc2n1. The smallest absolute Gasteiger partial charge is 0.291 e. The number of carbonyl (C=O) groups is 1. The van der Waals surface area contributed by atoms with E-state index in [0.717, 1.165) is 45.7 Å². The fourth-order valence-corrected chi connectivity index (χ4v) is 4.11. The summed E-state index contributed by atoms with van der Waals surface area (Å²) in [6.07, 6.45) is 5.82. The number of hydrogen-bond acceptors (Lipinski definition) is 6. The first-order chi connectivity index (χ1) is 13.2. The van der Waals surface area contributed by atoms with Gasteiger partial charge >= 0.3 is 0 Å². The maximum atomic E-state index is 12.6. The molecule has 144 valence electrons. The van der Waals surface area contributed by atoms with Crippen molar-refractivity contribution in [2.24, 2.45) is 5.41 Å². The van der Waals surface area contributed by atoms with Gasteiger partial charge in [0.25, 0.3) is 5.91 Å². The first kappa shape index (κ1) is 18.3. The Hall–Kier alpha value is -2.12. The summed E-state index contributed by atoms with van der Waals surface area (Å²) in [6.45, 7) is 5.49. The van der Waals surface area contributed by atoms with Crippen LogP contribution in [-0.2, 0) is 4.74 Å². The molecule has 2 saturated heterocycles. The molecule has 1 N–H and O–H groups in total. The van der Waals surface area contributed by atoms with Crippen molar-refractivity contribution in [1.29, 1.82) is 0 Å². The maximum absolute atomic E-state index is 12.6. The molecule has 0 aliphatic carbocycles. The van der Waals surface area contributed by atoms with Crippen LogP contribution in [0.3, 0.4) is 0 Å². The van der Waals surface area contributed by atoms with E-state index in [9.17, 15) is 4.79 Å². The molecule has 1 aromatic carbocycles. The number of benzene rings is 1. The van der Waals surface area contributed by atoms with Gasteiger partial charge in [0.2, 0.25) is 5.82 Å². The molecule has 2 aliphatic heterocycles. The standard InChI is InChI=1S/C20H27N5O2/c26-19(18-22-16-6-2-3-7-17(16)23-24-18)21-14-20(8-12-27-13-9-20)15-25-10-4-1-5-11-25/h2-3,6-7H,1,4-5,8-15H2,(H,21,26). The lowest BCUT2D eigenvalue weighted by molar-refractivity contribution is -0.00676. The van der Waals surface area contributed by atoms with Crippen LogP contribution >= 0.6 is 0 Å². The van der Waals surface area contributed by atoms with Gasteiger partial charge in [-0.25, -0.2) is 4.98 Å². The third-order valence-electron chi connectivity index (χ3n) is 5.75. The summed E-state index contributed by atoms with van der Waals surface area (Å²) < 4.78 is 5.59. The number of amides is 1. The number of fused-ring (bicyclic) bond motifs is 1. The van der Waals surface area contributed by atoms with Crippen LogP contribution in [0.4, 0.5) is 0 Å². The normalized spacial score (nSPS) is 20.4. The van der Waals surface area contributed by atoms with E-state index < -0.39 is 0 Å². The highest BCUT2D eigenvalue weighted by molar-refractivity contribution is 5.91. The van der Waals surface area contributed by atoms with Crippen LogP contribution in [0.1, 0.15) is 42.7 Å². The third kappa shape index (κ3) is 4.42. The second kappa shape index (κ2) is 8.27. The minimum absolute atomic E-state index is 0.0650. The number of para-hydroxylation sites is 1. The zero-order valence-electron chi connectivity index (χ0n) is 15.7. The fourth-order valence-electron chi connectivity index (χ4n) is 4.11. The molecule has 7 nitrogen and oxygen atoms in total. The Balaban J connectivity index is 1.43. The second-order valence-corrected chi connectivity index (χ2v) is 7.76. The summed E-state index contributed by atoms with van der Waals surface area (Å²) in [5.74, 6) is -0.119. The van der Waals surface area contributed by atoms with E-state index >= 15 is 0 Å². The van der Waals surface area contributed by atoms with Crippen LogP contribution in [0.15, 0.2) is 24.3 Å². The number of piperidine rings is 1. The monoisotopic (exact) mass is 369 g/mol. The molecule has 0 radical (unpaired) electrons. The molecule has 2 fully saturated rings. The highest BCUT2D eigenvalue weighted by Crippen LogP contribution is 2.32. The van der Waals surface area contributed by atoms with E-state index in [4.69, 9.17) is 4.74 Å². The Bertz CT molecular complexity index is 785. The average molecular weight is 369 g/mol. The molecule has 1 aromatic heterocycles. The quantitative estimate of drug-likeness (QED) is 0.869. The molecule has 7 heteroatoms. The van der Waals surface area contributed by atoms with E-state index in [-0.39, 0.29) is 17.1 Å². The molecule has 27 heavy (non-hydrogen) atoms. The summed E-state index contributed by atoms with van der Waals surface area (Å²) in [4.78, 5) is 19.6. The molecule has 2 aliphatic rings. The van der Waals surface area contributed by atoms with Gasteiger partial charge < -0.3 is 15.0 Å². The minimum Gasteiger partial charge on any atom is -0.381 e. The van der Waals surface area contributed by atoms with Crippen LogP contribution in [0.2, 0.25) is 0 Å². The van der Waals surface area contributed by atoms with Gasteiger partial charge in [0.15, 0.2) is 0 Å². The maximum Gasteiger partial charge on any atom is 0.291 e. The lowest BCUT2D eigenvalue weighted by Crippen LogP contribution is -2.49. The van der Waals surface area contributed by atoms with Crippen molar-refractivity contribution in [3.8, 4) is 0 Å². The molecule has 2 aromatic rings. The van der Waals surface area contributed by atoms with Crippen LogP contribution < -0.4 is 5.32 Å². The number of hydrogen-bond donors (Lipinski definition) is 1. The van der Waals surface area contributed by atoms with Crippen molar-refractivity contribution in [3.05, 3.63) is 30.1 Å². The first-order valence-corrected chi connectivity index (χ1v) is 9.92. The predicted molar refractivity (Wildman–Crippen MR) is 102 cm³/mol. The Labute approximate surface area is 159 Å². The summed E-state index contributed by atoms with van der Waals surface area (Å²) in [6, 6.07) is 7.45. The molecule has 0 spiro atoms. The molecule has 0 unspecified atom stereocenters. The van der Waals surface area contributed by atoms with Gasteiger partial charge in [-0.3, -0.25) is 4.79 Å². The van der Waals surface area contributed by atoms with Crippen LogP contribution in [0, 0.1) is 5.41 Å². The summed E-state index contributed by atoms with van der Waals surface area (Å²) >= 11 is 0. The van der Waals surface area contributed by atoms with Gasteiger partial charge in [-0.15, -0.1) is 10.2 Å². The Morgan fingerprint density at radius 1 is 1.07 bits per heavy atom. The summed E-state index contributed by atoms with van der Waals surface area (Å²) in [7, 11) is 0. The lowest BCUT2D eigenvalue weighted by Gasteiger charge is -2.42. The Kier molecular flexibility index (Phi) is 5.59. The number of rotatable bonds is 5. The third-order valence-corrected chi connectivity index (χ3v) is 5.75. The molecule has 0 atom stereocenters. The molecular formula is C20H27N5O2. The van der Waals surface area contributed by atoms with Crippen molar-refractivity contribution in [2.75, 3.05) is 39.4 Å². The zero-order valence-corrected chi connectivity index (χ0v) is 15.7. The highest BCUT2D eigenvalue weighted by atomic mass is 16.5. The van der Waals surface area contributed by atoms with Gasteiger partial charge in [0.1, 0.15) is 5.52 Å². The van der Waals surface area contributed by atoms with Gasteiger partial charge in [-0.05, 0) is 50.9 Å². The molecule has 3 heterocycles. The highest BCUT2D eigenvalue weighted by Gasteiger charge is 2.35. The van der Waals surface area contributed by atoms with Crippen molar-refractivity contribution in [3.63, 3.8) is 0 Å². The number of likely N-dealkylation sites (tertiary alicyclic amines) is 1. The topological polar surface area (TPSA) is 80.2 Å². The van der Waals surface area contributed by atoms with Crippen molar-refractivity contribution >= 4 is 16.9 Å². The molecule has 0 saturated carbocycles. The Morgan fingerprint density at radius 3 is 2.59 bits per heavy atom. The van der Waals surface area contributed by atoms with Crippen molar-refractivity contribution in [1.82, 2.24) is 25.4 Å². The van der Waals surface area contributed by atoms with Crippen molar-refractivity contribution < 1.29 is 9.53 Å². The van der Waals surface area contributed by atoms with Gasteiger partial charge in [-0.1, -0.05) is 18.6 Å². The minimum atomic E-state index is -0.252. The van der Waals surface area contributed by atoms with Gasteiger partial charge in [0.05, 0.1) is 5.52 Å². The number of ether oxygens (including phenoxy) is 1. The van der Waals surface area contributed by atoms with E-state index in [0.29, 0.717) is 17.6 Å². The number of nitrogens with zero attached hydrogens (tertiary/aromatic N) is 4. The van der Waals surface area contributed by atoms with E-state index in [1.807, 2.05) is 24.3 Å². The van der Waals surface area contributed by atoms with Crippen LogP contribution in [-0.4, -0.2) is 65.4 Å². The van der Waals surface area contributed by atoms with E-state index in [1.54, 1.807) is 0 Å². The number of nitrogens with one attached hydrogen (secondary N) is 1. The molecular weight excluding hydrogens is 342 g/mol. The zero-order chi connectivity index (χ0) is 18.5. The van der Waals surface area contributed by atoms with Crippen LogP contribution in [0.25, 0.3) is 11.0 Å². The van der Waals surface area contributed by atoms with E-state index in [1.165, 1.54) is 19.3 Å². The number of carbonyl (C=O) groups excluding carboxylic acids is 1. The predicted octanol–water partition coefficient (Wildman–Crippen LogP) is 2.04. The van der Waals surface area contributed by atoms with Gasteiger partial charge in [0, 0.05) is 31.7 Å². The summed E-state index contributed by atoms with van der Waals surface area (Å²) in [5.41, 5.74) is 1.45. The first-order valence-electron chi connectivity index (χ1n) is 9.92. The largest absolute Gasteiger partial charge is 0.381 e. The molecule has 0 bridgehead atoms. The van der Waals surface area contributed by atoms with E-state index in [2.05, 4.69) is 25.4 Å². The fraction of sp³-hybridized carbons (Fsp3) is 0.600. The number of aromatic nitrogens is 3. The lowest BCUT2D eigenvalue weighted by atomic mass is 9.79. The average Bonchev–Trinajstić information content (AvgIpc) is 2.73. The van der Waals surface area contributed by atoms with Gasteiger partial charge in [-0.2, -0.15) is 0 Å². The molecule has 1 amide bonds. The van der Waals surface area contributed by atoms with Crippen molar-refractivity contribution in [2.45, 2.75) is 32.1 Å². The Morgan fingerprint density at radius 2 is 1.81 bits per heavy atom. The summed E-state index contributed by atoms with van der Waals surface area (Å²) in [5, 5.41) is 11.2. The second-order valence-electron chi connectivity index (χ2n) is 7.76.